The van der Waals surface area contributed by atoms with Crippen molar-refractivity contribution < 1.29 is 14.2 Å². The van der Waals surface area contributed by atoms with Gasteiger partial charge in [-0.25, -0.2) is 0 Å². The van der Waals surface area contributed by atoms with Crippen molar-refractivity contribution >= 4 is 23.2 Å². The molecule has 1 aromatic carbocycles. The number of rotatable bonds is 4. The molecule has 1 aliphatic heterocycles. The van der Waals surface area contributed by atoms with E-state index in [1.807, 2.05) is 18.2 Å². The molecule has 25 heavy (non-hydrogen) atoms. The first-order valence-electron chi connectivity index (χ1n) is 8.11. The fraction of sp³-hybridized carbons (Fsp3) is 0.421. The van der Waals surface area contributed by atoms with Crippen LogP contribution < -0.4 is 0 Å². The van der Waals surface area contributed by atoms with Crippen LogP contribution in [0.2, 0.25) is 10.0 Å². The molecule has 134 valence electrons. The van der Waals surface area contributed by atoms with Crippen LogP contribution in [0.1, 0.15) is 38.0 Å². The third-order valence-electron chi connectivity index (χ3n) is 4.66. The lowest BCUT2D eigenvalue weighted by molar-refractivity contribution is -0.331. The highest BCUT2D eigenvalue weighted by atomic mass is 35.5. The van der Waals surface area contributed by atoms with Gasteiger partial charge in [-0.15, -0.1) is 0 Å². The quantitative estimate of drug-likeness (QED) is 0.715. The highest BCUT2D eigenvalue weighted by molar-refractivity contribution is 6.35. The predicted molar refractivity (Wildman–Crippen MR) is 97.5 cm³/mol. The topological polar surface area (TPSA) is 40.6 Å². The van der Waals surface area contributed by atoms with Crippen molar-refractivity contribution in [2.24, 2.45) is 5.92 Å². The Morgan fingerprint density at radius 2 is 2.00 bits per heavy atom. The van der Waals surface area contributed by atoms with Gasteiger partial charge in [-0.05, 0) is 24.1 Å². The Morgan fingerprint density at radius 3 is 2.56 bits per heavy atom. The maximum Gasteiger partial charge on any atom is 0.281 e. The monoisotopic (exact) mass is 381 g/mol. The minimum atomic E-state index is -1.20. The number of hydrogen-bond acceptors (Lipinski definition) is 4. The number of ether oxygens (including phenoxy) is 3. The molecule has 0 aliphatic carbocycles. The second kappa shape index (κ2) is 6.86. The lowest BCUT2D eigenvalue weighted by atomic mass is 9.77. The zero-order valence-corrected chi connectivity index (χ0v) is 16.1. The second-order valence-electron chi connectivity index (χ2n) is 6.52. The highest BCUT2D eigenvalue weighted by Gasteiger charge is 2.59. The molecule has 2 aromatic rings. The van der Waals surface area contributed by atoms with E-state index >= 15 is 0 Å². The van der Waals surface area contributed by atoms with Gasteiger partial charge in [-0.3, -0.25) is 4.98 Å². The summed E-state index contributed by atoms with van der Waals surface area (Å²) in [7, 11) is 1.56. The summed E-state index contributed by atoms with van der Waals surface area (Å²) in [4.78, 5) is 4.26. The molecule has 3 rings (SSSR count). The molecule has 4 nitrogen and oxygen atoms in total. The second-order valence-corrected chi connectivity index (χ2v) is 7.37. The van der Waals surface area contributed by atoms with Crippen LogP contribution in [0.3, 0.4) is 0 Å². The Bertz CT molecular complexity index is 756. The fourth-order valence-electron chi connectivity index (χ4n) is 3.34. The molecule has 2 heterocycles. The van der Waals surface area contributed by atoms with E-state index in [0.29, 0.717) is 10.0 Å². The Labute approximate surface area is 158 Å². The van der Waals surface area contributed by atoms with E-state index in [1.54, 1.807) is 38.6 Å². The molecule has 0 radical (unpaired) electrons. The van der Waals surface area contributed by atoms with Gasteiger partial charge in [-0.2, -0.15) is 0 Å². The summed E-state index contributed by atoms with van der Waals surface area (Å²) < 4.78 is 18.2. The molecule has 0 N–H and O–H groups in total. The van der Waals surface area contributed by atoms with Gasteiger partial charge >= 0.3 is 0 Å². The molecule has 0 spiro atoms. The van der Waals surface area contributed by atoms with E-state index in [4.69, 9.17) is 37.4 Å². The number of pyridine rings is 1. The molecule has 3 atom stereocenters. The zero-order valence-electron chi connectivity index (χ0n) is 14.6. The summed E-state index contributed by atoms with van der Waals surface area (Å²) in [6.45, 7) is 5.91. The van der Waals surface area contributed by atoms with E-state index in [2.05, 4.69) is 18.8 Å². The van der Waals surface area contributed by atoms with Gasteiger partial charge in [0.15, 0.2) is 0 Å². The van der Waals surface area contributed by atoms with Crippen molar-refractivity contribution in [3.05, 3.63) is 63.9 Å². The molecule has 1 aromatic heterocycles. The van der Waals surface area contributed by atoms with Crippen LogP contribution >= 0.6 is 23.2 Å². The van der Waals surface area contributed by atoms with Crippen molar-refractivity contribution in [2.45, 2.75) is 38.4 Å². The van der Waals surface area contributed by atoms with E-state index in [9.17, 15) is 0 Å². The van der Waals surface area contributed by atoms with Crippen LogP contribution in [0.15, 0.2) is 42.7 Å². The molecule has 0 amide bonds. The van der Waals surface area contributed by atoms with Crippen LogP contribution in [0.5, 0.6) is 0 Å². The summed E-state index contributed by atoms with van der Waals surface area (Å²) in [6, 6.07) is 9.23. The first kappa shape index (κ1) is 18.6. The average Bonchev–Trinajstić information content (AvgIpc) is 2.91. The standard InChI is InChI=1S/C19H21Cl2NO3/c1-12(2)19(13-6-5-9-22-11-13)17(24-18(3,23-4)25-19)15-8-7-14(20)10-16(15)21/h5-12,17H,1-4H3. The van der Waals surface area contributed by atoms with Gasteiger partial charge < -0.3 is 14.2 Å². The summed E-state index contributed by atoms with van der Waals surface area (Å²) >= 11 is 12.6. The van der Waals surface area contributed by atoms with Crippen molar-refractivity contribution in [1.82, 2.24) is 4.98 Å². The van der Waals surface area contributed by atoms with Gasteiger partial charge in [0, 0.05) is 47.6 Å². The average molecular weight is 382 g/mol. The SMILES string of the molecule is COC1(C)OC(c2ccc(Cl)cc2Cl)C(c2cccnc2)(C(C)C)O1. The summed E-state index contributed by atoms with van der Waals surface area (Å²) in [5, 5.41) is 1.09. The summed E-state index contributed by atoms with van der Waals surface area (Å²) in [5.74, 6) is -1.14. The molecular weight excluding hydrogens is 361 g/mol. The lowest BCUT2D eigenvalue weighted by Gasteiger charge is -2.37. The van der Waals surface area contributed by atoms with Crippen LogP contribution in [0, 0.1) is 5.92 Å². The fourth-order valence-corrected chi connectivity index (χ4v) is 3.85. The number of halogens is 2. The van der Waals surface area contributed by atoms with Gasteiger partial charge in [0.1, 0.15) is 11.7 Å². The lowest BCUT2D eigenvalue weighted by Crippen LogP contribution is -2.39. The number of nitrogens with zero attached hydrogens (tertiary/aromatic N) is 1. The number of benzene rings is 1. The van der Waals surface area contributed by atoms with Crippen molar-refractivity contribution in [3.63, 3.8) is 0 Å². The first-order valence-corrected chi connectivity index (χ1v) is 8.86. The van der Waals surface area contributed by atoms with E-state index in [1.165, 1.54) is 0 Å². The third kappa shape index (κ3) is 3.18. The molecule has 1 saturated heterocycles. The number of hydrogen-bond donors (Lipinski definition) is 0. The smallest absolute Gasteiger partial charge is 0.281 e. The summed E-state index contributed by atoms with van der Waals surface area (Å²) in [5.41, 5.74) is 0.891. The Kier molecular flexibility index (Phi) is 5.11. The maximum absolute atomic E-state index is 6.49. The third-order valence-corrected chi connectivity index (χ3v) is 5.22. The van der Waals surface area contributed by atoms with Gasteiger partial charge in [-0.1, -0.05) is 49.2 Å². The molecule has 1 aliphatic rings. The predicted octanol–water partition coefficient (Wildman–Crippen LogP) is 5.35. The first-order chi connectivity index (χ1) is 11.8. The van der Waals surface area contributed by atoms with Gasteiger partial charge in [0.05, 0.1) is 0 Å². The Balaban J connectivity index is 2.22. The minimum Gasteiger partial charge on any atom is -0.331 e. The van der Waals surface area contributed by atoms with Gasteiger partial charge in [0.25, 0.3) is 5.97 Å². The molecule has 0 bridgehead atoms. The molecule has 1 fully saturated rings. The molecule has 6 heteroatoms. The largest absolute Gasteiger partial charge is 0.331 e. The highest BCUT2D eigenvalue weighted by Crippen LogP contribution is 2.56. The van der Waals surface area contributed by atoms with E-state index < -0.39 is 17.7 Å². The number of methoxy groups -OCH3 is 1. The van der Waals surface area contributed by atoms with Crippen molar-refractivity contribution in [3.8, 4) is 0 Å². The van der Waals surface area contributed by atoms with Crippen molar-refractivity contribution in [2.75, 3.05) is 7.11 Å². The summed E-state index contributed by atoms with van der Waals surface area (Å²) in [6.07, 6.45) is 3.04. The normalized spacial score (nSPS) is 29.3. The van der Waals surface area contributed by atoms with E-state index in [0.717, 1.165) is 11.1 Å². The van der Waals surface area contributed by atoms with Crippen LogP contribution in [-0.2, 0) is 19.8 Å². The Hall–Kier alpha value is -1.17. The van der Waals surface area contributed by atoms with E-state index in [-0.39, 0.29) is 5.92 Å². The van der Waals surface area contributed by atoms with Crippen LogP contribution in [0.25, 0.3) is 0 Å². The minimum absolute atomic E-state index is 0.0606. The maximum atomic E-state index is 6.49. The Morgan fingerprint density at radius 1 is 1.24 bits per heavy atom. The zero-order chi connectivity index (χ0) is 18.2. The molecule has 3 unspecified atom stereocenters. The van der Waals surface area contributed by atoms with Crippen molar-refractivity contribution in [1.29, 1.82) is 0 Å². The van der Waals surface area contributed by atoms with Crippen LogP contribution in [-0.4, -0.2) is 18.1 Å². The van der Waals surface area contributed by atoms with Gasteiger partial charge in [0.2, 0.25) is 0 Å². The van der Waals surface area contributed by atoms with Crippen LogP contribution in [0.4, 0.5) is 0 Å². The number of aromatic nitrogens is 1. The molecule has 0 saturated carbocycles. The molecular formula is C19H21Cl2NO3.